The fourth-order valence-electron chi connectivity index (χ4n) is 0.110. The first-order chi connectivity index (χ1) is 2.77. The van der Waals surface area contributed by atoms with Crippen molar-refractivity contribution in [1.29, 1.82) is 0 Å². The van der Waals surface area contributed by atoms with Gasteiger partial charge in [0.2, 0.25) is 0 Å². The van der Waals surface area contributed by atoms with Gasteiger partial charge in [-0.15, -0.1) is 0 Å². The first-order valence-electron chi connectivity index (χ1n) is 1.68. The number of hydrogen-bond acceptors (Lipinski definition) is 2. The summed E-state index contributed by atoms with van der Waals surface area (Å²) in [4.78, 5) is 3.70. The molecule has 3 nitrogen and oxygen atoms in total. The molecule has 0 aliphatic carbocycles. The molecule has 0 aromatic rings. The summed E-state index contributed by atoms with van der Waals surface area (Å²) in [5.41, 5.74) is 0.817. The minimum absolute atomic E-state index is 0. The zero-order valence-corrected chi connectivity index (χ0v) is 7.69. The van der Waals surface area contributed by atoms with Crippen LogP contribution in [0, 0.1) is 0 Å². The van der Waals surface area contributed by atoms with Gasteiger partial charge < -0.3 is 5.48 Å². The van der Waals surface area contributed by atoms with Gasteiger partial charge in [-0.2, -0.15) is 0 Å². The van der Waals surface area contributed by atoms with Crippen molar-refractivity contribution in [2.45, 2.75) is 6.92 Å². The first kappa shape index (κ1) is 15.9. The summed E-state index contributed by atoms with van der Waals surface area (Å²) < 4.78 is 0. The quantitative estimate of drug-likeness (QED) is 0.389. The van der Waals surface area contributed by atoms with E-state index in [0.717, 1.165) is 5.57 Å². The Labute approximate surface area is 73.8 Å². The molecule has 0 aliphatic rings. The summed E-state index contributed by atoms with van der Waals surface area (Å²) in [6.45, 7) is 5.47. The van der Waals surface area contributed by atoms with E-state index in [1.165, 1.54) is 0 Å². The maximum absolute atomic E-state index is 7.68. The van der Waals surface area contributed by atoms with Crippen molar-refractivity contribution in [3.05, 3.63) is 12.2 Å². The normalized spacial score (nSPS) is 6.25. The van der Waals surface area contributed by atoms with Crippen LogP contribution in [0.1, 0.15) is 6.92 Å². The molecule has 0 aromatic carbocycles. The van der Waals surface area contributed by atoms with Crippen LogP contribution >= 0.6 is 0 Å². The van der Waals surface area contributed by atoms with Crippen LogP contribution in [0.2, 0.25) is 0 Å². The first-order valence-corrected chi connectivity index (χ1v) is 1.68. The molecule has 0 unspecified atom stereocenters. The van der Waals surface area contributed by atoms with E-state index in [9.17, 15) is 0 Å². The Morgan fingerprint density at radius 2 is 2.12 bits per heavy atom. The molecule has 0 aliphatic heterocycles. The Hall–Kier alpha value is 0.724. The summed E-state index contributed by atoms with van der Waals surface area (Å²) in [7, 11) is 0. The zero-order valence-electron chi connectivity index (χ0n) is 4.85. The van der Waals surface area contributed by atoms with Crippen molar-refractivity contribution in [3.63, 3.8) is 0 Å². The zero-order chi connectivity index (χ0) is 4.99. The van der Waals surface area contributed by atoms with Crippen molar-refractivity contribution >= 4 is 0 Å². The van der Waals surface area contributed by atoms with E-state index in [0.29, 0.717) is 0 Å². The van der Waals surface area contributed by atoms with E-state index < -0.39 is 0 Å². The van der Waals surface area contributed by atoms with Crippen molar-refractivity contribution < 1.29 is 48.3 Å². The Balaban J connectivity index is -0.000000125. The Kier molecular flexibility index (Phi) is 21.2. The average molecular weight is 195 g/mol. The van der Waals surface area contributed by atoms with Crippen molar-refractivity contribution in [1.82, 2.24) is 0 Å². The van der Waals surface area contributed by atoms with Gasteiger partial charge in [0.25, 0.3) is 0 Å². The third kappa shape index (κ3) is 15.9. The van der Waals surface area contributed by atoms with E-state index in [1.807, 2.05) is 0 Å². The van der Waals surface area contributed by atoms with Gasteiger partial charge in [0, 0.05) is 32.7 Å². The molecule has 0 saturated carbocycles. The Morgan fingerprint density at radius 3 is 2.12 bits per heavy atom. The summed E-state index contributed by atoms with van der Waals surface area (Å²) in [6.07, 6.45) is 0. The molecule has 0 rings (SSSR count). The van der Waals surface area contributed by atoms with Crippen LogP contribution in [-0.2, 0) is 37.6 Å². The molecule has 0 saturated heterocycles. The van der Waals surface area contributed by atoms with Gasteiger partial charge in [0.15, 0.2) is 0 Å². The van der Waals surface area contributed by atoms with Gasteiger partial charge in [-0.1, -0.05) is 12.2 Å². The minimum atomic E-state index is 0. The predicted octanol–water partition coefficient (Wildman–Crippen LogP) is 0.225. The summed E-state index contributed by atoms with van der Waals surface area (Å²) in [5.74, 6) is 0. The SMILES string of the molecule is C=C(C)COO.O.[Y]. The largest absolute Gasteiger partial charge is 0.412 e. The van der Waals surface area contributed by atoms with Crippen molar-refractivity contribution in [3.8, 4) is 0 Å². The molecule has 4 heteroatoms. The minimum Gasteiger partial charge on any atom is -0.412 e. The molecule has 0 bridgehead atoms. The number of rotatable bonds is 2. The molecule has 0 heterocycles. The molecule has 3 N–H and O–H groups in total. The second-order valence-electron chi connectivity index (χ2n) is 1.23. The summed E-state index contributed by atoms with van der Waals surface area (Å²) in [5, 5.41) is 7.68. The number of hydrogen-bond donors (Lipinski definition) is 1. The molecule has 0 atom stereocenters. The fraction of sp³-hybridized carbons (Fsp3) is 0.500. The van der Waals surface area contributed by atoms with E-state index in [-0.39, 0.29) is 44.8 Å². The molecular weight excluding hydrogens is 185 g/mol. The van der Waals surface area contributed by atoms with Crippen LogP contribution < -0.4 is 0 Å². The van der Waals surface area contributed by atoms with Gasteiger partial charge in [-0.3, -0.25) is 5.26 Å². The van der Waals surface area contributed by atoms with Crippen LogP contribution in [0.25, 0.3) is 0 Å². The standard InChI is InChI=1S/C4H8O2.H2O.Y/c1-4(2)3-6-5;;/h5H,1,3H2,2H3;1H2;. The van der Waals surface area contributed by atoms with Crippen LogP contribution in [0.4, 0.5) is 0 Å². The predicted molar refractivity (Wildman–Crippen MR) is 27.0 cm³/mol. The average Bonchev–Trinajstić information content (AvgIpc) is 1.35. The molecular formula is C4H10O3Y. The van der Waals surface area contributed by atoms with Gasteiger partial charge in [0.1, 0.15) is 6.61 Å². The third-order valence-electron chi connectivity index (χ3n) is 0.311. The smallest absolute Gasteiger partial charge is 0.102 e. The summed E-state index contributed by atoms with van der Waals surface area (Å²) >= 11 is 0. The van der Waals surface area contributed by atoms with E-state index >= 15 is 0 Å². The van der Waals surface area contributed by atoms with Gasteiger partial charge in [-0.05, 0) is 6.92 Å². The van der Waals surface area contributed by atoms with Crippen LogP contribution in [-0.4, -0.2) is 17.3 Å². The second kappa shape index (κ2) is 10.7. The van der Waals surface area contributed by atoms with E-state index in [4.69, 9.17) is 5.26 Å². The molecule has 47 valence electrons. The van der Waals surface area contributed by atoms with E-state index in [1.54, 1.807) is 6.92 Å². The molecule has 0 fully saturated rings. The van der Waals surface area contributed by atoms with Crippen LogP contribution in [0.5, 0.6) is 0 Å². The maximum Gasteiger partial charge on any atom is 0.102 e. The Bertz CT molecular complexity index is 55.2. The molecule has 1 radical (unpaired) electrons. The van der Waals surface area contributed by atoms with Gasteiger partial charge in [-0.25, -0.2) is 4.89 Å². The molecule has 8 heavy (non-hydrogen) atoms. The van der Waals surface area contributed by atoms with Crippen LogP contribution in [0.3, 0.4) is 0 Å². The Morgan fingerprint density at radius 1 is 1.75 bits per heavy atom. The second-order valence-corrected chi connectivity index (χ2v) is 1.23. The van der Waals surface area contributed by atoms with Crippen LogP contribution in [0.15, 0.2) is 12.2 Å². The van der Waals surface area contributed by atoms with Gasteiger partial charge in [0.05, 0.1) is 0 Å². The van der Waals surface area contributed by atoms with E-state index in [2.05, 4.69) is 11.5 Å². The topological polar surface area (TPSA) is 61.0 Å². The summed E-state index contributed by atoms with van der Waals surface area (Å²) in [6, 6.07) is 0. The van der Waals surface area contributed by atoms with Crippen molar-refractivity contribution in [2.75, 3.05) is 6.61 Å². The molecule has 0 amide bonds. The maximum atomic E-state index is 7.68. The molecule has 0 aromatic heterocycles. The fourth-order valence-corrected chi connectivity index (χ4v) is 0.110. The third-order valence-corrected chi connectivity index (χ3v) is 0.311. The molecule has 0 spiro atoms. The monoisotopic (exact) mass is 195 g/mol. The van der Waals surface area contributed by atoms with Crippen molar-refractivity contribution in [2.24, 2.45) is 0 Å². The van der Waals surface area contributed by atoms with Gasteiger partial charge >= 0.3 is 0 Å².